The molecule has 1 fully saturated rings. The molecule has 1 rings (SSSR count). The Morgan fingerprint density at radius 2 is 1.60 bits per heavy atom. The molecule has 1 aliphatic heterocycles. The molecule has 3 heteroatoms. The Hall–Kier alpha value is -0.120. The molecule has 3 nitrogen and oxygen atoms in total. The van der Waals surface area contributed by atoms with Gasteiger partial charge in [0.25, 0.3) is 0 Å². The van der Waals surface area contributed by atoms with E-state index in [1.807, 2.05) is 0 Å². The van der Waals surface area contributed by atoms with Crippen LogP contribution in [0.1, 0.15) is 12.8 Å². The molecule has 0 amide bonds. The van der Waals surface area contributed by atoms with Crippen LogP contribution in [0.3, 0.4) is 0 Å². The van der Waals surface area contributed by atoms with Crippen molar-refractivity contribution in [3.05, 3.63) is 0 Å². The standard InChI is InChI=1S/C7H16N2O/c8-5-7(6-9)1-3-10-4-2-7/h1-6,8-9H2. The Balaban J connectivity index is 2.44. The highest BCUT2D eigenvalue weighted by molar-refractivity contribution is 4.83. The summed E-state index contributed by atoms with van der Waals surface area (Å²) < 4.78 is 5.22. The fraction of sp³-hybridized carbons (Fsp3) is 1.00. The maximum atomic E-state index is 5.61. The van der Waals surface area contributed by atoms with Crippen LogP contribution in [0.4, 0.5) is 0 Å². The Bertz CT molecular complexity index is 93.8. The monoisotopic (exact) mass is 144 g/mol. The van der Waals surface area contributed by atoms with Crippen molar-refractivity contribution in [1.82, 2.24) is 0 Å². The van der Waals surface area contributed by atoms with Crippen molar-refractivity contribution in [2.75, 3.05) is 26.3 Å². The number of ether oxygens (including phenoxy) is 1. The number of rotatable bonds is 2. The molecule has 10 heavy (non-hydrogen) atoms. The third kappa shape index (κ3) is 1.48. The molecule has 0 aliphatic carbocycles. The molecule has 0 aromatic carbocycles. The fourth-order valence-corrected chi connectivity index (χ4v) is 1.30. The maximum absolute atomic E-state index is 5.61. The summed E-state index contributed by atoms with van der Waals surface area (Å²) in [4.78, 5) is 0. The molecular formula is C7H16N2O. The summed E-state index contributed by atoms with van der Waals surface area (Å²) in [6.45, 7) is 3.06. The van der Waals surface area contributed by atoms with Crippen molar-refractivity contribution >= 4 is 0 Å². The summed E-state index contributed by atoms with van der Waals surface area (Å²) in [6, 6.07) is 0. The predicted octanol–water partition coefficient (Wildman–Crippen LogP) is -0.299. The molecule has 4 N–H and O–H groups in total. The topological polar surface area (TPSA) is 61.3 Å². The fourth-order valence-electron chi connectivity index (χ4n) is 1.30. The summed E-state index contributed by atoms with van der Waals surface area (Å²) in [5.41, 5.74) is 11.4. The third-order valence-corrected chi connectivity index (χ3v) is 2.42. The van der Waals surface area contributed by atoms with Crippen LogP contribution in [0.2, 0.25) is 0 Å². The number of nitrogens with two attached hydrogens (primary N) is 2. The van der Waals surface area contributed by atoms with Crippen LogP contribution in [0.15, 0.2) is 0 Å². The van der Waals surface area contributed by atoms with E-state index in [4.69, 9.17) is 16.2 Å². The molecule has 0 radical (unpaired) electrons. The smallest absolute Gasteiger partial charge is 0.0472 e. The van der Waals surface area contributed by atoms with Gasteiger partial charge in [0.2, 0.25) is 0 Å². The zero-order valence-corrected chi connectivity index (χ0v) is 6.31. The highest BCUT2D eigenvalue weighted by Crippen LogP contribution is 2.27. The lowest BCUT2D eigenvalue weighted by Crippen LogP contribution is -2.42. The molecule has 0 aromatic rings. The third-order valence-electron chi connectivity index (χ3n) is 2.42. The predicted molar refractivity (Wildman–Crippen MR) is 40.6 cm³/mol. The number of hydrogen-bond donors (Lipinski definition) is 2. The first-order valence-corrected chi connectivity index (χ1v) is 3.81. The van der Waals surface area contributed by atoms with Crippen LogP contribution in [0.5, 0.6) is 0 Å². The SMILES string of the molecule is NCC1(CN)CCOCC1. The van der Waals surface area contributed by atoms with Gasteiger partial charge in [-0.2, -0.15) is 0 Å². The first-order chi connectivity index (χ1) is 4.83. The van der Waals surface area contributed by atoms with Crippen molar-refractivity contribution in [1.29, 1.82) is 0 Å². The van der Waals surface area contributed by atoms with E-state index < -0.39 is 0 Å². The lowest BCUT2D eigenvalue weighted by Gasteiger charge is -2.34. The van der Waals surface area contributed by atoms with Crippen LogP contribution in [0.25, 0.3) is 0 Å². The van der Waals surface area contributed by atoms with E-state index in [2.05, 4.69) is 0 Å². The summed E-state index contributed by atoms with van der Waals surface area (Å²) in [7, 11) is 0. The van der Waals surface area contributed by atoms with E-state index in [-0.39, 0.29) is 5.41 Å². The summed E-state index contributed by atoms with van der Waals surface area (Å²) in [5.74, 6) is 0. The quantitative estimate of drug-likeness (QED) is 0.559. The zero-order chi connectivity index (χ0) is 7.45. The Kier molecular flexibility index (Phi) is 2.65. The van der Waals surface area contributed by atoms with E-state index in [1.165, 1.54) is 0 Å². The maximum Gasteiger partial charge on any atom is 0.0472 e. The van der Waals surface area contributed by atoms with Crippen molar-refractivity contribution < 1.29 is 4.74 Å². The summed E-state index contributed by atoms with van der Waals surface area (Å²) >= 11 is 0. The van der Waals surface area contributed by atoms with Gasteiger partial charge in [-0.3, -0.25) is 0 Å². The van der Waals surface area contributed by atoms with Gasteiger partial charge in [-0.1, -0.05) is 0 Å². The van der Waals surface area contributed by atoms with E-state index in [9.17, 15) is 0 Å². The molecule has 1 saturated heterocycles. The molecule has 0 spiro atoms. The minimum Gasteiger partial charge on any atom is -0.381 e. The Morgan fingerprint density at radius 1 is 1.10 bits per heavy atom. The second-order valence-corrected chi connectivity index (χ2v) is 3.02. The first-order valence-electron chi connectivity index (χ1n) is 3.81. The van der Waals surface area contributed by atoms with Gasteiger partial charge >= 0.3 is 0 Å². The van der Waals surface area contributed by atoms with Gasteiger partial charge in [0.1, 0.15) is 0 Å². The van der Waals surface area contributed by atoms with Crippen molar-refractivity contribution in [3.63, 3.8) is 0 Å². The first kappa shape index (κ1) is 7.98. The Labute approximate surface area is 61.7 Å². The van der Waals surface area contributed by atoms with E-state index in [0.29, 0.717) is 13.1 Å². The number of hydrogen-bond acceptors (Lipinski definition) is 3. The van der Waals surface area contributed by atoms with Gasteiger partial charge in [-0.05, 0) is 31.3 Å². The van der Waals surface area contributed by atoms with Gasteiger partial charge in [0.05, 0.1) is 0 Å². The summed E-state index contributed by atoms with van der Waals surface area (Å²) in [6.07, 6.45) is 2.06. The molecule has 0 saturated carbocycles. The van der Waals surface area contributed by atoms with Crippen LogP contribution in [-0.2, 0) is 4.74 Å². The molecule has 0 aromatic heterocycles. The van der Waals surface area contributed by atoms with Crippen LogP contribution in [0, 0.1) is 5.41 Å². The molecule has 1 aliphatic rings. The zero-order valence-electron chi connectivity index (χ0n) is 6.31. The highest BCUT2D eigenvalue weighted by Gasteiger charge is 2.29. The average Bonchev–Trinajstić information content (AvgIpc) is 2.06. The van der Waals surface area contributed by atoms with Gasteiger partial charge < -0.3 is 16.2 Å². The molecule has 0 bridgehead atoms. The van der Waals surface area contributed by atoms with Crippen molar-refractivity contribution in [2.24, 2.45) is 16.9 Å². The molecule has 0 atom stereocenters. The highest BCUT2D eigenvalue weighted by atomic mass is 16.5. The van der Waals surface area contributed by atoms with Gasteiger partial charge in [0.15, 0.2) is 0 Å². The largest absolute Gasteiger partial charge is 0.381 e. The molecule has 60 valence electrons. The normalized spacial score (nSPS) is 24.6. The van der Waals surface area contributed by atoms with Crippen molar-refractivity contribution in [2.45, 2.75) is 12.8 Å². The minimum atomic E-state index is 0.193. The van der Waals surface area contributed by atoms with Gasteiger partial charge in [-0.25, -0.2) is 0 Å². The lowest BCUT2D eigenvalue weighted by atomic mass is 9.80. The minimum absolute atomic E-state index is 0.193. The van der Waals surface area contributed by atoms with E-state index in [1.54, 1.807) is 0 Å². The van der Waals surface area contributed by atoms with Crippen LogP contribution in [-0.4, -0.2) is 26.3 Å². The summed E-state index contributed by atoms with van der Waals surface area (Å²) in [5, 5.41) is 0. The van der Waals surface area contributed by atoms with Crippen molar-refractivity contribution in [3.8, 4) is 0 Å². The van der Waals surface area contributed by atoms with Crippen LogP contribution < -0.4 is 11.5 Å². The van der Waals surface area contributed by atoms with Crippen LogP contribution >= 0.6 is 0 Å². The molecule has 0 unspecified atom stereocenters. The molecule has 1 heterocycles. The van der Waals surface area contributed by atoms with Gasteiger partial charge in [0, 0.05) is 13.2 Å². The second kappa shape index (κ2) is 3.32. The molecular weight excluding hydrogens is 128 g/mol. The second-order valence-electron chi connectivity index (χ2n) is 3.02. The van der Waals surface area contributed by atoms with E-state index in [0.717, 1.165) is 26.1 Å². The average molecular weight is 144 g/mol. The van der Waals surface area contributed by atoms with E-state index >= 15 is 0 Å². The Morgan fingerprint density at radius 3 is 1.90 bits per heavy atom. The van der Waals surface area contributed by atoms with Gasteiger partial charge in [-0.15, -0.1) is 0 Å². The lowest BCUT2D eigenvalue weighted by molar-refractivity contribution is 0.0233.